The second-order valence-corrected chi connectivity index (χ2v) is 5.07. The zero-order valence-electron chi connectivity index (χ0n) is 11.4. The van der Waals surface area contributed by atoms with Gasteiger partial charge in [-0.15, -0.1) is 0 Å². The predicted octanol–water partition coefficient (Wildman–Crippen LogP) is 3.76. The number of ether oxygens (including phenoxy) is 1. The Morgan fingerprint density at radius 3 is 2.81 bits per heavy atom. The lowest BCUT2D eigenvalue weighted by Crippen LogP contribution is -2.01. The van der Waals surface area contributed by atoms with Crippen LogP contribution in [0, 0.1) is 10.1 Å². The molecule has 0 saturated heterocycles. The Bertz CT molecular complexity index is 632. The van der Waals surface area contributed by atoms with Crippen molar-refractivity contribution < 1.29 is 9.66 Å². The highest BCUT2D eigenvalue weighted by molar-refractivity contribution is 9.10. The topological polar surface area (TPSA) is 77.3 Å². The third-order valence-electron chi connectivity index (χ3n) is 2.73. The number of rotatable bonds is 6. The molecule has 110 valence electrons. The lowest BCUT2D eigenvalue weighted by molar-refractivity contribution is -0.385. The number of aromatic nitrogens is 1. The number of halogens is 1. The molecule has 0 radical (unpaired) electrons. The standard InChI is InChI=1S/C14H14BrN3O3/c1-2-21-14-6-4-11(9-17-14)16-8-10-3-5-12(15)13(7-10)18(19)20/h3-7,9,16H,2,8H2,1H3. The highest BCUT2D eigenvalue weighted by Gasteiger charge is 2.12. The first-order chi connectivity index (χ1) is 10.1. The van der Waals surface area contributed by atoms with Crippen molar-refractivity contribution in [3.05, 3.63) is 56.7 Å². The van der Waals surface area contributed by atoms with E-state index in [1.54, 1.807) is 24.4 Å². The van der Waals surface area contributed by atoms with Crippen LogP contribution < -0.4 is 10.1 Å². The molecule has 0 aliphatic carbocycles. The Morgan fingerprint density at radius 1 is 1.38 bits per heavy atom. The Kier molecular flexibility index (Phi) is 5.10. The highest BCUT2D eigenvalue weighted by Crippen LogP contribution is 2.26. The second kappa shape index (κ2) is 7.03. The summed E-state index contributed by atoms with van der Waals surface area (Å²) in [4.78, 5) is 14.6. The summed E-state index contributed by atoms with van der Waals surface area (Å²) in [5.41, 5.74) is 1.70. The molecule has 1 N–H and O–H groups in total. The van der Waals surface area contributed by atoms with Crippen LogP contribution in [-0.2, 0) is 6.54 Å². The Labute approximate surface area is 130 Å². The molecular formula is C14H14BrN3O3. The predicted molar refractivity (Wildman–Crippen MR) is 83.5 cm³/mol. The molecule has 1 aromatic heterocycles. The Morgan fingerprint density at radius 2 is 2.19 bits per heavy atom. The lowest BCUT2D eigenvalue weighted by atomic mass is 10.2. The van der Waals surface area contributed by atoms with Crippen LogP contribution >= 0.6 is 15.9 Å². The summed E-state index contributed by atoms with van der Waals surface area (Å²) in [6.45, 7) is 2.94. The SMILES string of the molecule is CCOc1ccc(NCc2ccc(Br)c([N+](=O)[O-])c2)cn1. The van der Waals surface area contributed by atoms with E-state index in [0.717, 1.165) is 11.3 Å². The number of hydrogen-bond donors (Lipinski definition) is 1. The number of anilines is 1. The Balaban J connectivity index is 2.02. The molecule has 0 amide bonds. The quantitative estimate of drug-likeness (QED) is 0.633. The van der Waals surface area contributed by atoms with E-state index in [-0.39, 0.29) is 5.69 Å². The highest BCUT2D eigenvalue weighted by atomic mass is 79.9. The van der Waals surface area contributed by atoms with E-state index >= 15 is 0 Å². The second-order valence-electron chi connectivity index (χ2n) is 4.21. The molecule has 0 fully saturated rings. The van der Waals surface area contributed by atoms with Gasteiger partial charge in [0, 0.05) is 18.7 Å². The average Bonchev–Trinajstić information content (AvgIpc) is 2.48. The molecule has 6 nitrogen and oxygen atoms in total. The number of nitrogens with one attached hydrogen (secondary N) is 1. The van der Waals surface area contributed by atoms with Gasteiger partial charge in [0.25, 0.3) is 5.69 Å². The van der Waals surface area contributed by atoms with Crippen LogP contribution in [0.15, 0.2) is 41.0 Å². The van der Waals surface area contributed by atoms with Crippen LogP contribution in [0.25, 0.3) is 0 Å². The molecule has 0 aliphatic rings. The molecule has 0 saturated carbocycles. The van der Waals surface area contributed by atoms with Gasteiger partial charge in [-0.25, -0.2) is 4.98 Å². The van der Waals surface area contributed by atoms with Crippen molar-refractivity contribution in [3.8, 4) is 5.88 Å². The first-order valence-electron chi connectivity index (χ1n) is 6.35. The number of nitrogens with zero attached hydrogens (tertiary/aromatic N) is 2. The molecule has 1 heterocycles. The van der Waals surface area contributed by atoms with Gasteiger partial charge in [-0.2, -0.15) is 0 Å². The maximum absolute atomic E-state index is 10.9. The zero-order chi connectivity index (χ0) is 15.2. The summed E-state index contributed by atoms with van der Waals surface area (Å²) < 4.78 is 5.73. The molecule has 2 rings (SSSR count). The van der Waals surface area contributed by atoms with E-state index in [9.17, 15) is 10.1 Å². The van der Waals surface area contributed by atoms with Crippen molar-refractivity contribution in [2.75, 3.05) is 11.9 Å². The minimum atomic E-state index is -0.411. The van der Waals surface area contributed by atoms with E-state index in [1.807, 2.05) is 19.1 Å². The van der Waals surface area contributed by atoms with Gasteiger partial charge in [0.05, 0.1) is 27.9 Å². The largest absolute Gasteiger partial charge is 0.478 e. The van der Waals surface area contributed by atoms with Crippen molar-refractivity contribution in [3.63, 3.8) is 0 Å². The van der Waals surface area contributed by atoms with Gasteiger partial charge in [0.15, 0.2) is 0 Å². The smallest absolute Gasteiger partial charge is 0.283 e. The van der Waals surface area contributed by atoms with Crippen LogP contribution in [0.2, 0.25) is 0 Å². The summed E-state index contributed by atoms with van der Waals surface area (Å²) >= 11 is 3.16. The fraction of sp³-hybridized carbons (Fsp3) is 0.214. The molecule has 2 aromatic rings. The fourth-order valence-electron chi connectivity index (χ4n) is 1.73. The monoisotopic (exact) mass is 351 g/mol. The molecule has 21 heavy (non-hydrogen) atoms. The molecule has 7 heteroatoms. The maximum Gasteiger partial charge on any atom is 0.283 e. The molecule has 0 aliphatic heterocycles. The van der Waals surface area contributed by atoms with Crippen LogP contribution in [0.3, 0.4) is 0 Å². The Hall–Kier alpha value is -2.15. The third-order valence-corrected chi connectivity index (χ3v) is 3.40. The minimum Gasteiger partial charge on any atom is -0.478 e. The summed E-state index contributed by atoms with van der Waals surface area (Å²) in [6, 6.07) is 8.66. The summed E-state index contributed by atoms with van der Waals surface area (Å²) in [5.74, 6) is 0.572. The van der Waals surface area contributed by atoms with Crippen molar-refractivity contribution in [1.82, 2.24) is 4.98 Å². The maximum atomic E-state index is 10.9. The first kappa shape index (κ1) is 15.2. The minimum absolute atomic E-state index is 0.0547. The van der Waals surface area contributed by atoms with Gasteiger partial charge >= 0.3 is 0 Å². The molecule has 1 aromatic carbocycles. The molecule has 0 unspecified atom stereocenters. The molecular weight excluding hydrogens is 338 g/mol. The van der Waals surface area contributed by atoms with Crippen LogP contribution in [0.5, 0.6) is 5.88 Å². The van der Waals surface area contributed by atoms with E-state index in [2.05, 4.69) is 26.2 Å². The number of nitro benzene ring substituents is 1. The molecule has 0 spiro atoms. The van der Waals surface area contributed by atoms with Gasteiger partial charge in [-0.1, -0.05) is 6.07 Å². The van der Waals surface area contributed by atoms with Crippen LogP contribution in [0.4, 0.5) is 11.4 Å². The van der Waals surface area contributed by atoms with E-state index in [4.69, 9.17) is 4.74 Å². The molecule has 0 atom stereocenters. The van der Waals surface area contributed by atoms with Crippen LogP contribution in [0.1, 0.15) is 12.5 Å². The normalized spacial score (nSPS) is 10.2. The van der Waals surface area contributed by atoms with Gasteiger partial charge in [0.2, 0.25) is 5.88 Å². The number of nitro groups is 1. The van der Waals surface area contributed by atoms with Gasteiger partial charge < -0.3 is 10.1 Å². The van der Waals surface area contributed by atoms with Gasteiger partial charge in [0.1, 0.15) is 0 Å². The summed E-state index contributed by atoms with van der Waals surface area (Å²) in [5, 5.41) is 14.0. The van der Waals surface area contributed by atoms with Crippen molar-refractivity contribution in [2.45, 2.75) is 13.5 Å². The third kappa shape index (κ3) is 4.16. The van der Waals surface area contributed by atoms with E-state index < -0.39 is 4.92 Å². The number of hydrogen-bond acceptors (Lipinski definition) is 5. The van der Waals surface area contributed by atoms with Crippen molar-refractivity contribution in [2.24, 2.45) is 0 Å². The van der Waals surface area contributed by atoms with E-state index in [0.29, 0.717) is 23.5 Å². The van der Waals surface area contributed by atoms with Crippen molar-refractivity contribution >= 4 is 27.3 Å². The zero-order valence-corrected chi connectivity index (χ0v) is 13.0. The summed E-state index contributed by atoms with van der Waals surface area (Å²) in [6.07, 6.45) is 1.66. The first-order valence-corrected chi connectivity index (χ1v) is 7.15. The molecule has 0 bridgehead atoms. The number of pyridine rings is 1. The fourth-order valence-corrected chi connectivity index (χ4v) is 2.12. The van der Waals surface area contributed by atoms with Gasteiger partial charge in [-0.05, 0) is 40.5 Å². The average molecular weight is 352 g/mol. The van der Waals surface area contributed by atoms with Gasteiger partial charge in [-0.3, -0.25) is 10.1 Å². The van der Waals surface area contributed by atoms with E-state index in [1.165, 1.54) is 0 Å². The van der Waals surface area contributed by atoms with Crippen LogP contribution in [-0.4, -0.2) is 16.5 Å². The number of benzene rings is 1. The summed E-state index contributed by atoms with van der Waals surface area (Å²) in [7, 11) is 0. The lowest BCUT2D eigenvalue weighted by Gasteiger charge is -2.08. The van der Waals surface area contributed by atoms with Crippen molar-refractivity contribution in [1.29, 1.82) is 0 Å².